The van der Waals surface area contributed by atoms with Gasteiger partial charge in [0, 0.05) is 18.3 Å². The summed E-state index contributed by atoms with van der Waals surface area (Å²) >= 11 is 0. The summed E-state index contributed by atoms with van der Waals surface area (Å²) in [5, 5.41) is 1.05. The Morgan fingerprint density at radius 2 is 2.03 bits per heavy atom. The lowest BCUT2D eigenvalue weighted by atomic mass is 9.89. The number of rotatable bonds is 7. The molecule has 0 bridgehead atoms. The molecule has 1 aromatic carbocycles. The molecule has 2 heterocycles. The first-order valence-electron chi connectivity index (χ1n) is 11.4. The van der Waals surface area contributed by atoms with Crippen LogP contribution in [0.15, 0.2) is 59.8 Å². The molecule has 0 N–H and O–H groups in total. The normalized spacial score (nSPS) is 23.6. The van der Waals surface area contributed by atoms with Crippen LogP contribution in [0.3, 0.4) is 0 Å². The molecule has 5 nitrogen and oxygen atoms in total. The third kappa shape index (κ3) is 4.69. The summed E-state index contributed by atoms with van der Waals surface area (Å²) in [6.45, 7) is 3.38. The van der Waals surface area contributed by atoms with E-state index in [-0.39, 0.29) is 11.7 Å². The highest BCUT2D eigenvalue weighted by molar-refractivity contribution is 7.51. The van der Waals surface area contributed by atoms with Crippen LogP contribution in [0.2, 0.25) is 0 Å². The minimum absolute atomic E-state index is 0.0392. The van der Waals surface area contributed by atoms with Crippen molar-refractivity contribution in [2.45, 2.75) is 44.4 Å². The number of ether oxygens (including phenoxy) is 2. The Labute approximate surface area is 193 Å². The molecule has 3 unspecified atom stereocenters. The minimum Gasteiger partial charge on any atom is -0.493 e. The second-order valence-electron chi connectivity index (χ2n) is 8.54. The van der Waals surface area contributed by atoms with Gasteiger partial charge in [-0.05, 0) is 73.4 Å². The molecule has 6 heteroatoms. The lowest BCUT2D eigenvalue weighted by Crippen LogP contribution is -2.36. The van der Waals surface area contributed by atoms with Crippen LogP contribution < -0.4 is 9.47 Å². The number of hydrogen-bond donors (Lipinski definition) is 0. The number of carbonyl (C=O) groups is 1. The number of methoxy groups -OCH3 is 2. The summed E-state index contributed by atoms with van der Waals surface area (Å²) in [6.07, 6.45) is 15.1. The van der Waals surface area contributed by atoms with Gasteiger partial charge in [-0.1, -0.05) is 39.8 Å². The van der Waals surface area contributed by atoms with E-state index in [0.717, 1.165) is 30.3 Å². The van der Waals surface area contributed by atoms with E-state index in [4.69, 9.17) is 9.47 Å². The summed E-state index contributed by atoms with van der Waals surface area (Å²) in [5.74, 6) is 1.49. The van der Waals surface area contributed by atoms with Crippen molar-refractivity contribution in [3.05, 3.63) is 65.4 Å². The molecule has 1 amide bonds. The highest BCUT2D eigenvalue weighted by Gasteiger charge is 2.30. The van der Waals surface area contributed by atoms with Gasteiger partial charge in [0.05, 0.1) is 20.0 Å². The van der Waals surface area contributed by atoms with Gasteiger partial charge in [-0.2, -0.15) is 0 Å². The fourth-order valence-corrected chi connectivity index (χ4v) is 6.04. The standard InChI is InChI=1S/C26H33N2O3P/c1-5-14-27(2)21-10-6-18(7-11-21)20-9-13-26-28(17-20)25(29)16-24(32-26)19-8-12-22(30-3)23(15-19)31-4/h6,8-9,12-13,15-17,21,26,32H,5,7,10-11,14H2,1-4H3. The molecule has 0 saturated heterocycles. The zero-order valence-corrected chi connectivity index (χ0v) is 20.4. The van der Waals surface area contributed by atoms with Gasteiger partial charge in [-0.25, -0.2) is 0 Å². The monoisotopic (exact) mass is 452 g/mol. The van der Waals surface area contributed by atoms with Crippen molar-refractivity contribution in [1.29, 1.82) is 0 Å². The lowest BCUT2D eigenvalue weighted by Gasteiger charge is -2.35. The molecule has 0 aromatic heterocycles. The van der Waals surface area contributed by atoms with Crippen LogP contribution in [-0.4, -0.2) is 55.3 Å². The third-order valence-corrected chi connectivity index (χ3v) is 8.02. The molecule has 3 aliphatic rings. The maximum Gasteiger partial charge on any atom is 0.252 e. The van der Waals surface area contributed by atoms with Crippen molar-refractivity contribution in [3.8, 4) is 11.5 Å². The van der Waals surface area contributed by atoms with Gasteiger partial charge in [-0.15, -0.1) is 0 Å². The van der Waals surface area contributed by atoms with Crippen LogP contribution >= 0.6 is 8.58 Å². The number of carbonyl (C=O) groups excluding carboxylic acids is 1. The van der Waals surface area contributed by atoms with Crippen molar-refractivity contribution in [2.24, 2.45) is 0 Å². The van der Waals surface area contributed by atoms with Gasteiger partial charge < -0.3 is 19.3 Å². The molecule has 0 fully saturated rings. The van der Waals surface area contributed by atoms with Gasteiger partial charge in [0.15, 0.2) is 11.5 Å². The largest absolute Gasteiger partial charge is 0.493 e. The first-order valence-corrected chi connectivity index (χ1v) is 12.4. The molecule has 3 atom stereocenters. The predicted octanol–water partition coefficient (Wildman–Crippen LogP) is 5.17. The Hall–Kier alpha value is -2.36. The predicted molar refractivity (Wildman–Crippen MR) is 132 cm³/mol. The van der Waals surface area contributed by atoms with E-state index in [9.17, 15) is 4.79 Å². The van der Waals surface area contributed by atoms with Gasteiger partial charge in [0.2, 0.25) is 0 Å². The minimum atomic E-state index is 0.0392. The molecule has 1 aliphatic carbocycles. The third-order valence-electron chi connectivity index (χ3n) is 6.51. The fourth-order valence-electron chi connectivity index (χ4n) is 4.66. The van der Waals surface area contributed by atoms with E-state index in [1.165, 1.54) is 24.0 Å². The average Bonchev–Trinajstić information content (AvgIpc) is 2.83. The maximum atomic E-state index is 13.0. The summed E-state index contributed by atoms with van der Waals surface area (Å²) in [6, 6.07) is 6.47. The Kier molecular flexibility index (Phi) is 7.17. The van der Waals surface area contributed by atoms with Crippen LogP contribution in [0.25, 0.3) is 5.31 Å². The molecule has 170 valence electrons. The Morgan fingerprint density at radius 3 is 2.72 bits per heavy atom. The zero-order valence-electron chi connectivity index (χ0n) is 19.4. The highest BCUT2D eigenvalue weighted by atomic mass is 31.1. The fraction of sp³-hybridized carbons (Fsp3) is 0.423. The quantitative estimate of drug-likeness (QED) is 0.536. The smallest absolute Gasteiger partial charge is 0.252 e. The van der Waals surface area contributed by atoms with E-state index < -0.39 is 0 Å². The van der Waals surface area contributed by atoms with Crippen LogP contribution in [0.5, 0.6) is 11.5 Å². The molecule has 1 aromatic rings. The number of allylic oxidation sites excluding steroid dienone is 3. The van der Waals surface area contributed by atoms with Crippen LogP contribution in [0.1, 0.15) is 38.2 Å². The number of fused-ring (bicyclic) bond motifs is 1. The van der Waals surface area contributed by atoms with Crippen molar-refractivity contribution >= 4 is 19.8 Å². The average molecular weight is 453 g/mol. The first kappa shape index (κ1) is 22.8. The van der Waals surface area contributed by atoms with Crippen molar-refractivity contribution in [1.82, 2.24) is 9.80 Å². The topological polar surface area (TPSA) is 42.0 Å². The molecular formula is C26H33N2O3P. The molecule has 2 aliphatic heterocycles. The van der Waals surface area contributed by atoms with E-state index in [1.807, 2.05) is 23.1 Å². The van der Waals surface area contributed by atoms with Crippen molar-refractivity contribution in [3.63, 3.8) is 0 Å². The SMILES string of the molecule is CCCN(C)C1CC=C(C2=CN3C(=O)C=C(c4ccc(OC)c(OC)c4)PC3C=C2)CC1. The van der Waals surface area contributed by atoms with Gasteiger partial charge in [0.1, 0.15) is 0 Å². The molecule has 32 heavy (non-hydrogen) atoms. The first-order chi connectivity index (χ1) is 15.5. The summed E-state index contributed by atoms with van der Waals surface area (Å²) in [4.78, 5) is 17.4. The number of benzene rings is 1. The van der Waals surface area contributed by atoms with Crippen molar-refractivity contribution < 1.29 is 14.3 Å². The van der Waals surface area contributed by atoms with Crippen LogP contribution in [-0.2, 0) is 4.79 Å². The Bertz CT molecular complexity index is 995. The van der Waals surface area contributed by atoms with Gasteiger partial charge in [0.25, 0.3) is 5.91 Å². The molecule has 0 spiro atoms. The second-order valence-corrected chi connectivity index (χ2v) is 9.96. The molecule has 0 radical (unpaired) electrons. The summed E-state index contributed by atoms with van der Waals surface area (Å²) in [7, 11) is 5.97. The zero-order chi connectivity index (χ0) is 22.7. The van der Waals surface area contributed by atoms with Gasteiger partial charge in [-0.3, -0.25) is 4.79 Å². The molecular weight excluding hydrogens is 419 g/mol. The van der Waals surface area contributed by atoms with Crippen LogP contribution in [0.4, 0.5) is 0 Å². The van der Waals surface area contributed by atoms with E-state index in [2.05, 4.69) is 43.3 Å². The van der Waals surface area contributed by atoms with Gasteiger partial charge >= 0.3 is 0 Å². The van der Waals surface area contributed by atoms with E-state index in [1.54, 1.807) is 20.3 Å². The highest BCUT2D eigenvalue weighted by Crippen LogP contribution is 2.46. The Morgan fingerprint density at radius 1 is 1.22 bits per heavy atom. The number of nitrogens with zero attached hydrogens (tertiary/aromatic N) is 2. The summed E-state index contributed by atoms with van der Waals surface area (Å²) < 4.78 is 10.8. The lowest BCUT2D eigenvalue weighted by molar-refractivity contribution is -0.123. The van der Waals surface area contributed by atoms with Crippen molar-refractivity contribution in [2.75, 3.05) is 27.8 Å². The molecule has 4 rings (SSSR count). The Balaban J connectivity index is 1.50. The molecule has 0 saturated carbocycles. The number of amides is 1. The number of hydrogen-bond acceptors (Lipinski definition) is 4. The van der Waals surface area contributed by atoms with E-state index in [0.29, 0.717) is 26.1 Å². The summed E-state index contributed by atoms with van der Waals surface area (Å²) in [5.41, 5.74) is 3.56. The van der Waals surface area contributed by atoms with E-state index >= 15 is 0 Å². The van der Waals surface area contributed by atoms with Crippen LogP contribution in [0, 0.1) is 0 Å². The second kappa shape index (κ2) is 10.1. The maximum absolute atomic E-state index is 13.0.